The highest BCUT2D eigenvalue weighted by molar-refractivity contribution is 5.70. The van der Waals surface area contributed by atoms with Gasteiger partial charge in [0.15, 0.2) is 11.5 Å². The van der Waals surface area contributed by atoms with Crippen LogP contribution in [0.5, 0.6) is 11.5 Å². The van der Waals surface area contributed by atoms with Gasteiger partial charge in [-0.2, -0.15) is 0 Å². The molecule has 3 rings (SSSR count). The summed E-state index contributed by atoms with van der Waals surface area (Å²) >= 11 is 0. The smallest absolute Gasteiger partial charge is 0.161 e. The second kappa shape index (κ2) is 5.68. The van der Waals surface area contributed by atoms with Gasteiger partial charge in [-0.25, -0.2) is 0 Å². The molecule has 0 aliphatic carbocycles. The highest BCUT2D eigenvalue weighted by Gasteiger charge is 2.15. The van der Waals surface area contributed by atoms with E-state index < -0.39 is 0 Å². The third-order valence-electron chi connectivity index (χ3n) is 3.85. The largest absolute Gasteiger partial charge is 0.489 e. The Kier molecular flexibility index (Phi) is 3.74. The van der Waals surface area contributed by atoms with E-state index in [1.54, 1.807) is 0 Å². The molecule has 2 aromatic carbocycles. The number of benzene rings is 2. The zero-order chi connectivity index (χ0) is 14.8. The fourth-order valence-corrected chi connectivity index (χ4v) is 2.52. The number of fused-ring (bicyclic) bond motifs is 1. The van der Waals surface area contributed by atoms with Gasteiger partial charge in [0.1, 0.15) is 0 Å². The molecule has 1 atom stereocenters. The van der Waals surface area contributed by atoms with Crippen LogP contribution < -0.4 is 15.2 Å². The lowest BCUT2D eigenvalue weighted by molar-refractivity contribution is 0.228. The quantitative estimate of drug-likeness (QED) is 0.850. The summed E-state index contributed by atoms with van der Waals surface area (Å²) in [6, 6.07) is 12.3. The normalized spacial score (nSPS) is 17.3. The van der Waals surface area contributed by atoms with Crippen molar-refractivity contribution >= 4 is 5.69 Å². The van der Waals surface area contributed by atoms with Crippen molar-refractivity contribution in [3.63, 3.8) is 0 Å². The first-order chi connectivity index (χ1) is 10.2. The number of hydrogen-bond acceptors (Lipinski definition) is 3. The third-order valence-corrected chi connectivity index (χ3v) is 3.85. The van der Waals surface area contributed by atoms with Crippen LogP contribution in [-0.2, 0) is 6.42 Å². The molecule has 3 nitrogen and oxygen atoms in total. The van der Waals surface area contributed by atoms with Gasteiger partial charge in [0.25, 0.3) is 0 Å². The molecule has 21 heavy (non-hydrogen) atoms. The number of hydrogen-bond donors (Lipinski definition) is 1. The first-order valence-electron chi connectivity index (χ1n) is 7.45. The molecule has 0 aromatic heterocycles. The average Bonchev–Trinajstić information content (AvgIpc) is 2.69. The van der Waals surface area contributed by atoms with Crippen molar-refractivity contribution in [2.75, 3.05) is 18.9 Å². The summed E-state index contributed by atoms with van der Waals surface area (Å²) < 4.78 is 11.6. The van der Waals surface area contributed by atoms with Crippen LogP contribution in [0, 0.1) is 5.92 Å². The lowest BCUT2D eigenvalue weighted by Crippen LogP contribution is -2.12. The van der Waals surface area contributed by atoms with Crippen LogP contribution in [-0.4, -0.2) is 13.2 Å². The van der Waals surface area contributed by atoms with Crippen molar-refractivity contribution in [3.8, 4) is 22.6 Å². The molecule has 0 saturated carbocycles. The molecule has 1 heterocycles. The molecule has 1 unspecified atom stereocenters. The predicted octanol–water partition coefficient (Wildman–Crippen LogP) is 3.91. The molecule has 0 bridgehead atoms. The summed E-state index contributed by atoms with van der Waals surface area (Å²) in [6.07, 6.45) is 0.932. The van der Waals surface area contributed by atoms with E-state index in [2.05, 4.69) is 38.1 Å². The predicted molar refractivity (Wildman–Crippen MR) is 85.8 cm³/mol. The van der Waals surface area contributed by atoms with Crippen LogP contribution in [0.4, 0.5) is 5.69 Å². The maximum atomic E-state index is 5.98. The molecule has 2 N–H and O–H groups in total. The summed E-state index contributed by atoms with van der Waals surface area (Å²) in [5.74, 6) is 2.06. The SMILES string of the molecule is CCc1cc(-c2ccc3c(c2)OCC(C)CO3)ccc1N. The Morgan fingerprint density at radius 3 is 2.43 bits per heavy atom. The van der Waals surface area contributed by atoms with Gasteiger partial charge in [0, 0.05) is 11.6 Å². The van der Waals surface area contributed by atoms with Crippen molar-refractivity contribution in [1.29, 1.82) is 0 Å². The first kappa shape index (κ1) is 13.8. The van der Waals surface area contributed by atoms with Crippen molar-refractivity contribution in [1.82, 2.24) is 0 Å². The summed E-state index contributed by atoms with van der Waals surface area (Å²) in [5, 5.41) is 0. The van der Waals surface area contributed by atoms with Crippen molar-refractivity contribution in [2.24, 2.45) is 5.92 Å². The molecule has 1 aliphatic rings. The van der Waals surface area contributed by atoms with Gasteiger partial charge in [0.2, 0.25) is 0 Å². The van der Waals surface area contributed by atoms with Gasteiger partial charge in [-0.05, 0) is 47.4 Å². The van der Waals surface area contributed by atoms with Crippen LogP contribution >= 0.6 is 0 Å². The maximum absolute atomic E-state index is 5.98. The third kappa shape index (κ3) is 2.82. The summed E-state index contributed by atoms with van der Waals surface area (Å²) in [6.45, 7) is 5.64. The molecule has 0 spiro atoms. The van der Waals surface area contributed by atoms with Crippen LogP contribution in [0.25, 0.3) is 11.1 Å². The van der Waals surface area contributed by atoms with E-state index in [4.69, 9.17) is 15.2 Å². The van der Waals surface area contributed by atoms with Gasteiger partial charge in [0.05, 0.1) is 13.2 Å². The molecule has 3 heteroatoms. The number of aryl methyl sites for hydroxylation is 1. The average molecular weight is 283 g/mol. The fraction of sp³-hybridized carbons (Fsp3) is 0.333. The highest BCUT2D eigenvalue weighted by Crippen LogP contribution is 2.35. The van der Waals surface area contributed by atoms with Crippen molar-refractivity contribution < 1.29 is 9.47 Å². The molecule has 0 fully saturated rings. The zero-order valence-electron chi connectivity index (χ0n) is 12.6. The molecule has 0 saturated heterocycles. The van der Waals surface area contributed by atoms with Gasteiger partial charge in [-0.1, -0.05) is 26.0 Å². The first-order valence-corrected chi connectivity index (χ1v) is 7.45. The summed E-state index contributed by atoms with van der Waals surface area (Å²) in [5.41, 5.74) is 10.3. The Labute approximate surface area is 125 Å². The molecular formula is C18H21NO2. The van der Waals surface area contributed by atoms with Crippen molar-refractivity contribution in [3.05, 3.63) is 42.0 Å². The van der Waals surface area contributed by atoms with E-state index in [9.17, 15) is 0 Å². The number of nitrogen functional groups attached to an aromatic ring is 1. The van der Waals surface area contributed by atoms with Gasteiger partial charge < -0.3 is 15.2 Å². The van der Waals surface area contributed by atoms with E-state index in [1.807, 2.05) is 12.1 Å². The number of nitrogens with two attached hydrogens (primary N) is 1. The van der Waals surface area contributed by atoms with Crippen molar-refractivity contribution in [2.45, 2.75) is 20.3 Å². The second-order valence-corrected chi connectivity index (χ2v) is 5.66. The molecule has 0 amide bonds. The lowest BCUT2D eigenvalue weighted by Gasteiger charge is -2.11. The molecule has 0 radical (unpaired) electrons. The van der Waals surface area contributed by atoms with E-state index in [1.165, 1.54) is 5.56 Å². The molecule has 2 aromatic rings. The Hall–Kier alpha value is -2.16. The molecular weight excluding hydrogens is 262 g/mol. The minimum Gasteiger partial charge on any atom is -0.489 e. The second-order valence-electron chi connectivity index (χ2n) is 5.66. The van der Waals surface area contributed by atoms with Crippen LogP contribution in [0.1, 0.15) is 19.4 Å². The topological polar surface area (TPSA) is 44.5 Å². The summed E-state index contributed by atoms with van der Waals surface area (Å²) in [7, 11) is 0. The Balaban J connectivity index is 1.97. The van der Waals surface area contributed by atoms with Crippen LogP contribution in [0.3, 0.4) is 0 Å². The van der Waals surface area contributed by atoms with E-state index in [0.717, 1.165) is 34.7 Å². The highest BCUT2D eigenvalue weighted by atomic mass is 16.5. The van der Waals surface area contributed by atoms with Crippen LogP contribution in [0.2, 0.25) is 0 Å². The van der Waals surface area contributed by atoms with E-state index in [0.29, 0.717) is 19.1 Å². The fourth-order valence-electron chi connectivity index (χ4n) is 2.52. The number of anilines is 1. The zero-order valence-corrected chi connectivity index (χ0v) is 12.6. The van der Waals surface area contributed by atoms with Gasteiger partial charge in [-0.3, -0.25) is 0 Å². The minimum atomic E-state index is 0.407. The standard InChI is InChI=1S/C18H21NO2/c1-3-13-8-14(4-6-16(13)19)15-5-7-17-18(9-15)21-11-12(2)10-20-17/h4-9,12H,3,10-11,19H2,1-2H3. The van der Waals surface area contributed by atoms with E-state index in [-0.39, 0.29) is 0 Å². The maximum Gasteiger partial charge on any atom is 0.161 e. The molecule has 1 aliphatic heterocycles. The Morgan fingerprint density at radius 1 is 1.00 bits per heavy atom. The summed E-state index contributed by atoms with van der Waals surface area (Å²) in [4.78, 5) is 0. The Bertz CT molecular complexity index is 652. The number of rotatable bonds is 2. The number of ether oxygens (including phenoxy) is 2. The lowest BCUT2D eigenvalue weighted by atomic mass is 10.0. The van der Waals surface area contributed by atoms with Crippen LogP contribution in [0.15, 0.2) is 36.4 Å². The van der Waals surface area contributed by atoms with Gasteiger partial charge >= 0.3 is 0 Å². The Morgan fingerprint density at radius 2 is 1.67 bits per heavy atom. The minimum absolute atomic E-state index is 0.407. The van der Waals surface area contributed by atoms with Gasteiger partial charge in [-0.15, -0.1) is 0 Å². The monoisotopic (exact) mass is 283 g/mol. The van der Waals surface area contributed by atoms with E-state index >= 15 is 0 Å². The molecule has 110 valence electrons.